The second-order valence-corrected chi connectivity index (χ2v) is 4.04. The van der Waals surface area contributed by atoms with Crippen molar-refractivity contribution >= 4 is 11.6 Å². The van der Waals surface area contributed by atoms with Gasteiger partial charge in [0.15, 0.2) is 0 Å². The Morgan fingerprint density at radius 3 is 2.77 bits per heavy atom. The molecule has 0 bridgehead atoms. The number of hydrogen-bond donors (Lipinski definition) is 0. The molecule has 1 rings (SSSR count). The lowest BCUT2D eigenvalue weighted by Gasteiger charge is -2.12. The molecule has 0 aliphatic heterocycles. The Hall–Kier alpha value is -0.570. The van der Waals surface area contributed by atoms with E-state index < -0.39 is 0 Å². The Morgan fingerprint density at radius 2 is 2.23 bits per heavy atom. The first kappa shape index (κ1) is 10.5. The third-order valence-electron chi connectivity index (χ3n) is 2.28. The third kappa shape index (κ3) is 2.69. The predicted molar refractivity (Wildman–Crippen MR) is 53.9 cm³/mol. The molecule has 0 saturated carbocycles. The van der Waals surface area contributed by atoms with Crippen LogP contribution in [0, 0.1) is 5.92 Å². The van der Waals surface area contributed by atoms with Crippen molar-refractivity contribution in [1.82, 2.24) is 14.8 Å². The topological polar surface area (TPSA) is 30.7 Å². The van der Waals surface area contributed by atoms with E-state index in [4.69, 9.17) is 11.6 Å². The highest BCUT2D eigenvalue weighted by Crippen LogP contribution is 2.14. The molecule has 0 saturated heterocycles. The van der Waals surface area contributed by atoms with Gasteiger partial charge in [-0.2, -0.15) is 5.10 Å². The lowest BCUT2D eigenvalue weighted by Crippen LogP contribution is -2.14. The molecule has 0 aliphatic rings. The van der Waals surface area contributed by atoms with E-state index in [1.54, 1.807) is 6.33 Å². The van der Waals surface area contributed by atoms with E-state index in [2.05, 4.69) is 23.9 Å². The summed E-state index contributed by atoms with van der Waals surface area (Å²) in [6, 6.07) is 0. The van der Waals surface area contributed by atoms with Gasteiger partial charge in [-0.1, -0.05) is 6.92 Å². The van der Waals surface area contributed by atoms with Gasteiger partial charge in [0.25, 0.3) is 0 Å². The molecule has 0 radical (unpaired) electrons. The SMILES string of the molecule is CCn1ncnc1CC(C)C(C)Cl. The number of rotatable bonds is 4. The zero-order valence-corrected chi connectivity index (χ0v) is 9.12. The summed E-state index contributed by atoms with van der Waals surface area (Å²) in [6.45, 7) is 7.08. The fourth-order valence-corrected chi connectivity index (χ4v) is 1.25. The van der Waals surface area contributed by atoms with Crippen molar-refractivity contribution in [2.75, 3.05) is 0 Å². The van der Waals surface area contributed by atoms with E-state index in [9.17, 15) is 0 Å². The summed E-state index contributed by atoms with van der Waals surface area (Å²) >= 11 is 5.98. The summed E-state index contributed by atoms with van der Waals surface area (Å²) < 4.78 is 1.91. The number of aryl methyl sites for hydroxylation is 1. The highest BCUT2D eigenvalue weighted by molar-refractivity contribution is 6.20. The Kier molecular flexibility index (Phi) is 3.72. The molecule has 0 aliphatic carbocycles. The van der Waals surface area contributed by atoms with Crippen LogP contribution in [-0.2, 0) is 13.0 Å². The van der Waals surface area contributed by atoms with E-state index in [0.717, 1.165) is 18.8 Å². The van der Waals surface area contributed by atoms with Crippen molar-refractivity contribution in [3.8, 4) is 0 Å². The fourth-order valence-electron chi connectivity index (χ4n) is 1.16. The molecule has 1 heterocycles. The van der Waals surface area contributed by atoms with Crippen molar-refractivity contribution in [3.05, 3.63) is 12.2 Å². The van der Waals surface area contributed by atoms with Crippen LogP contribution in [0.2, 0.25) is 0 Å². The van der Waals surface area contributed by atoms with Gasteiger partial charge in [0.2, 0.25) is 0 Å². The van der Waals surface area contributed by atoms with Crippen LogP contribution in [0.15, 0.2) is 6.33 Å². The van der Waals surface area contributed by atoms with Crippen LogP contribution >= 0.6 is 11.6 Å². The largest absolute Gasteiger partial charge is 0.250 e. The maximum Gasteiger partial charge on any atom is 0.138 e. The maximum absolute atomic E-state index is 5.98. The van der Waals surface area contributed by atoms with Gasteiger partial charge >= 0.3 is 0 Å². The summed E-state index contributed by atoms with van der Waals surface area (Å²) in [6.07, 6.45) is 2.50. The molecule has 3 nitrogen and oxygen atoms in total. The molecule has 74 valence electrons. The molecule has 0 N–H and O–H groups in total. The quantitative estimate of drug-likeness (QED) is 0.699. The molecule has 4 heteroatoms. The summed E-state index contributed by atoms with van der Waals surface area (Å²) in [5, 5.41) is 4.29. The summed E-state index contributed by atoms with van der Waals surface area (Å²) in [5.74, 6) is 1.47. The molecule has 0 fully saturated rings. The molecule has 2 atom stereocenters. The van der Waals surface area contributed by atoms with Gasteiger partial charge in [-0.05, 0) is 19.8 Å². The minimum absolute atomic E-state index is 0.182. The van der Waals surface area contributed by atoms with Crippen LogP contribution in [0.4, 0.5) is 0 Å². The number of nitrogens with zero attached hydrogens (tertiary/aromatic N) is 3. The van der Waals surface area contributed by atoms with Gasteiger partial charge in [-0.25, -0.2) is 4.98 Å². The molecule has 0 spiro atoms. The van der Waals surface area contributed by atoms with E-state index in [1.807, 2.05) is 11.6 Å². The summed E-state index contributed by atoms with van der Waals surface area (Å²) in [7, 11) is 0. The Labute approximate surface area is 84.1 Å². The van der Waals surface area contributed by atoms with Crippen molar-refractivity contribution < 1.29 is 0 Å². The highest BCUT2D eigenvalue weighted by Gasteiger charge is 2.13. The minimum Gasteiger partial charge on any atom is -0.250 e. The standard InChI is InChI=1S/C9H16ClN3/c1-4-13-9(11-6-12-13)5-7(2)8(3)10/h6-8H,4-5H2,1-3H3. The Balaban J connectivity index is 2.62. The van der Waals surface area contributed by atoms with Gasteiger partial charge in [0.05, 0.1) is 0 Å². The fraction of sp³-hybridized carbons (Fsp3) is 0.778. The highest BCUT2D eigenvalue weighted by atomic mass is 35.5. The molecule has 13 heavy (non-hydrogen) atoms. The van der Waals surface area contributed by atoms with E-state index in [0.29, 0.717) is 5.92 Å². The lowest BCUT2D eigenvalue weighted by atomic mass is 10.0. The number of halogens is 1. The maximum atomic E-state index is 5.98. The van der Waals surface area contributed by atoms with Gasteiger partial charge in [-0.3, -0.25) is 4.68 Å². The smallest absolute Gasteiger partial charge is 0.138 e. The Morgan fingerprint density at radius 1 is 1.54 bits per heavy atom. The van der Waals surface area contributed by atoms with Gasteiger partial charge in [0.1, 0.15) is 12.2 Å². The number of hydrogen-bond acceptors (Lipinski definition) is 2. The third-order valence-corrected chi connectivity index (χ3v) is 2.71. The zero-order valence-electron chi connectivity index (χ0n) is 8.37. The van der Waals surface area contributed by atoms with Gasteiger partial charge in [-0.15, -0.1) is 11.6 Å². The molecule has 0 amide bonds. The minimum atomic E-state index is 0.182. The lowest BCUT2D eigenvalue weighted by molar-refractivity contribution is 0.514. The molecule has 1 aromatic rings. The van der Waals surface area contributed by atoms with Crippen LogP contribution in [0.25, 0.3) is 0 Å². The molecule has 0 aromatic carbocycles. The Bertz CT molecular complexity index is 257. The first-order valence-electron chi connectivity index (χ1n) is 4.65. The first-order chi connectivity index (χ1) is 6.15. The second-order valence-electron chi connectivity index (χ2n) is 3.35. The van der Waals surface area contributed by atoms with Crippen molar-refractivity contribution in [2.45, 2.75) is 39.1 Å². The van der Waals surface area contributed by atoms with Gasteiger partial charge < -0.3 is 0 Å². The number of aromatic nitrogens is 3. The molecular formula is C9H16ClN3. The van der Waals surface area contributed by atoms with Gasteiger partial charge in [0, 0.05) is 18.3 Å². The number of alkyl halides is 1. The van der Waals surface area contributed by atoms with E-state index >= 15 is 0 Å². The van der Waals surface area contributed by atoms with E-state index in [1.165, 1.54) is 0 Å². The molecule has 2 unspecified atom stereocenters. The van der Waals surface area contributed by atoms with Crippen molar-refractivity contribution in [3.63, 3.8) is 0 Å². The summed E-state index contributed by atoms with van der Waals surface area (Å²) in [4.78, 5) is 4.20. The monoisotopic (exact) mass is 201 g/mol. The summed E-state index contributed by atoms with van der Waals surface area (Å²) in [5.41, 5.74) is 0. The van der Waals surface area contributed by atoms with Crippen molar-refractivity contribution in [2.24, 2.45) is 5.92 Å². The normalized spacial score (nSPS) is 15.7. The molecular weight excluding hydrogens is 186 g/mol. The van der Waals surface area contributed by atoms with Crippen LogP contribution in [0.3, 0.4) is 0 Å². The second kappa shape index (κ2) is 4.61. The predicted octanol–water partition coefficient (Wildman–Crippen LogP) is 2.10. The average Bonchev–Trinajstić information content (AvgIpc) is 2.51. The van der Waals surface area contributed by atoms with E-state index in [-0.39, 0.29) is 5.38 Å². The van der Waals surface area contributed by atoms with Crippen LogP contribution in [0.5, 0.6) is 0 Å². The first-order valence-corrected chi connectivity index (χ1v) is 5.09. The molecule has 1 aromatic heterocycles. The van der Waals surface area contributed by atoms with Crippen LogP contribution in [0.1, 0.15) is 26.6 Å². The van der Waals surface area contributed by atoms with Crippen LogP contribution < -0.4 is 0 Å². The van der Waals surface area contributed by atoms with Crippen LogP contribution in [-0.4, -0.2) is 20.1 Å². The van der Waals surface area contributed by atoms with Crippen molar-refractivity contribution in [1.29, 1.82) is 0 Å². The average molecular weight is 202 g/mol. The zero-order chi connectivity index (χ0) is 9.84.